The van der Waals surface area contributed by atoms with Crippen LogP contribution in [-0.2, 0) is 23.7 Å². The standard InChI is InChI=1S/C15H31NO8/c1-16(14-15(19)20,2-6-21-10-12-23-8-4-17)3-7-22-11-13-24-9-5-18/h17-18H,2-14H2,1H3/p+1. The summed E-state index contributed by atoms with van der Waals surface area (Å²) >= 11 is 0. The smallest absolute Gasteiger partial charge is 0.359 e. The number of aliphatic hydroxyl groups is 2. The highest BCUT2D eigenvalue weighted by Crippen LogP contribution is 2.02. The van der Waals surface area contributed by atoms with Crippen LogP contribution >= 0.6 is 0 Å². The topological polar surface area (TPSA) is 115 Å². The third-order valence-corrected chi connectivity index (χ3v) is 3.28. The molecule has 9 heteroatoms. The van der Waals surface area contributed by atoms with E-state index in [2.05, 4.69) is 0 Å². The summed E-state index contributed by atoms with van der Waals surface area (Å²) in [7, 11) is 1.85. The molecule has 0 saturated heterocycles. The van der Waals surface area contributed by atoms with E-state index in [1.54, 1.807) is 0 Å². The lowest BCUT2D eigenvalue weighted by Gasteiger charge is -2.32. The largest absolute Gasteiger partial charge is 0.477 e. The Bertz CT molecular complexity index is 285. The molecule has 0 heterocycles. The van der Waals surface area contributed by atoms with Gasteiger partial charge in [0.15, 0.2) is 6.54 Å². The van der Waals surface area contributed by atoms with Crippen LogP contribution in [0.15, 0.2) is 0 Å². The van der Waals surface area contributed by atoms with Gasteiger partial charge in [-0.2, -0.15) is 0 Å². The number of ether oxygens (including phenoxy) is 4. The van der Waals surface area contributed by atoms with Crippen LogP contribution in [0.1, 0.15) is 0 Å². The molecular weight excluding hydrogens is 322 g/mol. The minimum atomic E-state index is -0.866. The fourth-order valence-corrected chi connectivity index (χ4v) is 1.94. The maximum absolute atomic E-state index is 11.0. The minimum absolute atomic E-state index is 0.00521. The van der Waals surface area contributed by atoms with Gasteiger partial charge in [-0.05, 0) is 0 Å². The summed E-state index contributed by atoms with van der Waals surface area (Å²) in [5.41, 5.74) is 0. The molecule has 0 amide bonds. The SMILES string of the molecule is C[N+](CCOCCOCCO)(CCOCCOCCO)CC(=O)O. The molecular formula is C15H32NO8+. The number of likely N-dealkylation sites (N-methyl/N-ethyl adjacent to an activating group) is 1. The van der Waals surface area contributed by atoms with Crippen LogP contribution in [-0.4, -0.2) is 119 Å². The van der Waals surface area contributed by atoms with E-state index in [9.17, 15) is 4.79 Å². The molecule has 3 N–H and O–H groups in total. The Morgan fingerprint density at radius 2 is 1.12 bits per heavy atom. The Hall–Kier alpha value is -0.810. The molecule has 0 aromatic carbocycles. The van der Waals surface area contributed by atoms with Gasteiger partial charge in [0.2, 0.25) is 0 Å². The van der Waals surface area contributed by atoms with Crippen molar-refractivity contribution in [1.29, 1.82) is 0 Å². The van der Waals surface area contributed by atoms with Crippen molar-refractivity contribution in [3.63, 3.8) is 0 Å². The van der Waals surface area contributed by atoms with Crippen molar-refractivity contribution in [2.75, 3.05) is 92.8 Å². The second kappa shape index (κ2) is 15.7. The molecule has 0 radical (unpaired) electrons. The first-order chi connectivity index (χ1) is 11.5. The van der Waals surface area contributed by atoms with E-state index < -0.39 is 5.97 Å². The van der Waals surface area contributed by atoms with Gasteiger partial charge in [-0.25, -0.2) is 4.79 Å². The summed E-state index contributed by atoms with van der Waals surface area (Å²) in [6.07, 6.45) is 0. The quantitative estimate of drug-likeness (QED) is 0.203. The predicted octanol–water partition coefficient (Wildman–Crippen LogP) is -1.43. The van der Waals surface area contributed by atoms with E-state index in [0.717, 1.165) is 0 Å². The number of rotatable bonds is 18. The van der Waals surface area contributed by atoms with Crippen LogP contribution in [0.3, 0.4) is 0 Å². The molecule has 0 spiro atoms. The lowest BCUT2D eigenvalue weighted by molar-refractivity contribution is -0.903. The highest BCUT2D eigenvalue weighted by Gasteiger charge is 2.24. The van der Waals surface area contributed by atoms with Gasteiger partial charge in [-0.3, -0.25) is 0 Å². The molecule has 24 heavy (non-hydrogen) atoms. The zero-order chi connectivity index (χ0) is 18.1. The van der Waals surface area contributed by atoms with Crippen molar-refractivity contribution in [3.05, 3.63) is 0 Å². The molecule has 9 nitrogen and oxygen atoms in total. The molecule has 0 aliphatic rings. The normalized spacial score (nSPS) is 11.8. The third-order valence-electron chi connectivity index (χ3n) is 3.28. The lowest BCUT2D eigenvalue weighted by Crippen LogP contribution is -2.51. The predicted molar refractivity (Wildman–Crippen MR) is 85.9 cm³/mol. The summed E-state index contributed by atoms with van der Waals surface area (Å²) in [5.74, 6) is -0.866. The van der Waals surface area contributed by atoms with Crippen molar-refractivity contribution in [2.24, 2.45) is 0 Å². The van der Waals surface area contributed by atoms with E-state index in [4.69, 9.17) is 34.3 Å². The van der Waals surface area contributed by atoms with Crippen molar-refractivity contribution in [1.82, 2.24) is 0 Å². The number of hydrogen-bond acceptors (Lipinski definition) is 7. The van der Waals surface area contributed by atoms with E-state index in [-0.39, 0.29) is 33.0 Å². The zero-order valence-corrected chi connectivity index (χ0v) is 14.5. The molecule has 0 saturated carbocycles. The average Bonchev–Trinajstić information content (AvgIpc) is 2.52. The first-order valence-electron chi connectivity index (χ1n) is 8.12. The number of aliphatic carboxylic acids is 1. The van der Waals surface area contributed by atoms with Crippen LogP contribution in [0.2, 0.25) is 0 Å². The van der Waals surface area contributed by atoms with Crippen molar-refractivity contribution >= 4 is 5.97 Å². The molecule has 0 aromatic rings. The number of quaternary nitrogens is 1. The van der Waals surface area contributed by atoms with Gasteiger partial charge >= 0.3 is 5.97 Å². The lowest BCUT2D eigenvalue weighted by atomic mass is 10.3. The summed E-state index contributed by atoms with van der Waals surface area (Å²) < 4.78 is 21.3. The van der Waals surface area contributed by atoms with Crippen LogP contribution in [0, 0.1) is 0 Å². The van der Waals surface area contributed by atoms with Crippen LogP contribution in [0.4, 0.5) is 0 Å². The molecule has 0 fully saturated rings. The van der Waals surface area contributed by atoms with Gasteiger partial charge in [0.1, 0.15) is 13.1 Å². The molecule has 0 aliphatic heterocycles. The van der Waals surface area contributed by atoms with Gasteiger partial charge in [0.05, 0.1) is 73.1 Å². The zero-order valence-electron chi connectivity index (χ0n) is 14.5. The highest BCUT2D eigenvalue weighted by atomic mass is 16.5. The molecule has 0 aliphatic carbocycles. The van der Waals surface area contributed by atoms with Gasteiger partial charge in [-0.15, -0.1) is 0 Å². The van der Waals surface area contributed by atoms with Crippen LogP contribution < -0.4 is 0 Å². The average molecular weight is 354 g/mol. The van der Waals surface area contributed by atoms with E-state index in [1.165, 1.54) is 0 Å². The Morgan fingerprint density at radius 3 is 1.46 bits per heavy atom. The third kappa shape index (κ3) is 14.8. The maximum atomic E-state index is 11.0. The molecule has 144 valence electrons. The van der Waals surface area contributed by atoms with Crippen molar-refractivity contribution in [3.8, 4) is 0 Å². The fourth-order valence-electron chi connectivity index (χ4n) is 1.94. The number of carboxylic acids is 1. The fraction of sp³-hybridized carbons (Fsp3) is 0.933. The first kappa shape index (κ1) is 23.2. The monoisotopic (exact) mass is 354 g/mol. The van der Waals surface area contributed by atoms with Crippen molar-refractivity contribution < 1.29 is 43.5 Å². The maximum Gasteiger partial charge on any atom is 0.359 e. The summed E-state index contributed by atoms with van der Waals surface area (Å²) in [6, 6.07) is 0. The Morgan fingerprint density at radius 1 is 0.750 bits per heavy atom. The minimum Gasteiger partial charge on any atom is -0.477 e. The van der Waals surface area contributed by atoms with Gasteiger partial charge in [-0.1, -0.05) is 0 Å². The van der Waals surface area contributed by atoms with Gasteiger partial charge in [0.25, 0.3) is 0 Å². The second-order valence-corrected chi connectivity index (χ2v) is 5.52. The molecule has 0 rings (SSSR count). The van der Waals surface area contributed by atoms with Crippen LogP contribution in [0.25, 0.3) is 0 Å². The van der Waals surface area contributed by atoms with E-state index in [1.807, 2.05) is 7.05 Å². The van der Waals surface area contributed by atoms with E-state index >= 15 is 0 Å². The summed E-state index contributed by atoms with van der Waals surface area (Å²) in [5, 5.41) is 26.2. The number of carbonyl (C=O) groups is 1. The Balaban J connectivity index is 3.88. The Labute approximate surface area is 143 Å². The van der Waals surface area contributed by atoms with Gasteiger partial charge in [0, 0.05) is 0 Å². The second-order valence-electron chi connectivity index (χ2n) is 5.52. The molecule has 0 aromatic heterocycles. The summed E-state index contributed by atoms with van der Waals surface area (Å²) in [6.45, 7) is 4.11. The molecule has 0 atom stereocenters. The molecule has 0 unspecified atom stereocenters. The number of hydrogen-bond donors (Lipinski definition) is 3. The van der Waals surface area contributed by atoms with E-state index in [0.29, 0.717) is 57.2 Å². The number of nitrogens with zero attached hydrogens (tertiary/aromatic N) is 1. The number of carboxylic acid groups (broad SMARTS) is 1. The molecule has 0 bridgehead atoms. The van der Waals surface area contributed by atoms with Gasteiger partial charge < -0.3 is 38.8 Å². The van der Waals surface area contributed by atoms with Crippen molar-refractivity contribution in [2.45, 2.75) is 0 Å². The van der Waals surface area contributed by atoms with Crippen LogP contribution in [0.5, 0.6) is 0 Å². The number of aliphatic hydroxyl groups excluding tert-OH is 2. The first-order valence-corrected chi connectivity index (χ1v) is 8.12. The Kier molecular flexibility index (Phi) is 15.2. The highest BCUT2D eigenvalue weighted by molar-refractivity contribution is 5.67. The summed E-state index contributed by atoms with van der Waals surface area (Å²) in [4.78, 5) is 11.0.